The maximum atomic E-state index is 13.9. The highest BCUT2D eigenvalue weighted by atomic mass is 79.9. The second-order valence-electron chi connectivity index (χ2n) is 9.94. The molecule has 0 saturated carbocycles. The van der Waals surface area contributed by atoms with Crippen LogP contribution in [-0.4, -0.2) is 77.2 Å². The Morgan fingerprint density at radius 3 is 2.28 bits per heavy atom. The molecular weight excluding hydrogens is 570 g/mol. The van der Waals surface area contributed by atoms with Gasteiger partial charge in [0.1, 0.15) is 23.1 Å². The van der Waals surface area contributed by atoms with E-state index in [1.165, 1.54) is 4.90 Å². The van der Waals surface area contributed by atoms with Gasteiger partial charge in [0.15, 0.2) is 0 Å². The summed E-state index contributed by atoms with van der Waals surface area (Å²) >= 11 is 3.66. The van der Waals surface area contributed by atoms with Crippen LogP contribution in [0.5, 0.6) is 11.5 Å². The van der Waals surface area contributed by atoms with Gasteiger partial charge in [-0.1, -0.05) is 15.9 Å². The molecule has 2 aromatic carbocycles. The van der Waals surface area contributed by atoms with Gasteiger partial charge in [-0.3, -0.25) is 14.4 Å². The fourth-order valence-electron chi connectivity index (χ4n) is 6.12. The lowest BCUT2D eigenvalue weighted by Crippen LogP contribution is -2.54. The van der Waals surface area contributed by atoms with Crippen molar-refractivity contribution in [2.24, 2.45) is 11.8 Å². The topological polar surface area (TPSA) is 126 Å². The van der Waals surface area contributed by atoms with Crippen LogP contribution in [0.3, 0.4) is 0 Å². The van der Waals surface area contributed by atoms with E-state index in [1.54, 1.807) is 55.6 Å². The molecule has 11 heteroatoms. The number of anilines is 2. The van der Waals surface area contributed by atoms with Gasteiger partial charge >= 0.3 is 0 Å². The van der Waals surface area contributed by atoms with Crippen LogP contribution in [-0.2, 0) is 19.1 Å². The molecule has 3 heterocycles. The van der Waals surface area contributed by atoms with E-state index in [4.69, 9.17) is 14.2 Å². The van der Waals surface area contributed by atoms with Crippen LogP contribution in [0.1, 0.15) is 19.8 Å². The second kappa shape index (κ2) is 11.1. The molecule has 0 radical (unpaired) electrons. The molecule has 3 aliphatic heterocycles. The molecule has 2 aromatic rings. The molecule has 3 aliphatic rings. The number of rotatable bonds is 10. The normalized spacial score (nSPS) is 28.8. The third kappa shape index (κ3) is 4.87. The molecule has 3 unspecified atom stereocenters. The number of ether oxygens (including phenoxy) is 3. The van der Waals surface area contributed by atoms with E-state index in [2.05, 4.69) is 26.6 Å². The zero-order chi connectivity index (χ0) is 27.7. The van der Waals surface area contributed by atoms with Crippen molar-refractivity contribution in [2.75, 3.05) is 37.5 Å². The summed E-state index contributed by atoms with van der Waals surface area (Å²) in [5, 5.41) is 15.3. The van der Waals surface area contributed by atoms with E-state index in [1.807, 2.05) is 6.92 Å². The lowest BCUT2D eigenvalue weighted by molar-refractivity contribution is -0.139. The van der Waals surface area contributed by atoms with E-state index < -0.39 is 35.5 Å². The van der Waals surface area contributed by atoms with Gasteiger partial charge in [0.25, 0.3) is 0 Å². The van der Waals surface area contributed by atoms with E-state index in [0.717, 1.165) is 0 Å². The molecule has 3 fully saturated rings. The summed E-state index contributed by atoms with van der Waals surface area (Å²) < 4.78 is 17.1. The molecule has 0 aromatic heterocycles. The van der Waals surface area contributed by atoms with Crippen LogP contribution in [0.4, 0.5) is 11.4 Å². The molecule has 2 bridgehead atoms. The summed E-state index contributed by atoms with van der Waals surface area (Å²) in [7, 11) is 1.56. The minimum atomic E-state index is -1.18. The van der Waals surface area contributed by atoms with Crippen molar-refractivity contribution in [3.05, 3.63) is 48.5 Å². The minimum Gasteiger partial charge on any atom is -0.497 e. The Morgan fingerprint density at radius 1 is 1.08 bits per heavy atom. The van der Waals surface area contributed by atoms with E-state index in [0.29, 0.717) is 42.3 Å². The number of aliphatic hydroxyl groups is 1. The molecule has 1 spiro atoms. The molecule has 10 nitrogen and oxygen atoms in total. The number of methoxy groups -OCH3 is 1. The Labute approximate surface area is 235 Å². The van der Waals surface area contributed by atoms with Gasteiger partial charge < -0.3 is 34.9 Å². The van der Waals surface area contributed by atoms with Crippen LogP contribution in [0, 0.1) is 11.8 Å². The number of nitrogens with one attached hydrogen (secondary N) is 2. The van der Waals surface area contributed by atoms with Gasteiger partial charge in [-0.2, -0.15) is 0 Å². The van der Waals surface area contributed by atoms with Crippen LogP contribution in [0.15, 0.2) is 48.5 Å². The van der Waals surface area contributed by atoms with Crippen molar-refractivity contribution in [1.82, 2.24) is 4.90 Å². The zero-order valence-corrected chi connectivity index (χ0v) is 23.3. The molecular formula is C28H32BrN3O7. The average Bonchev–Trinajstić information content (AvgIpc) is 3.52. The Hall–Kier alpha value is -3.15. The van der Waals surface area contributed by atoms with E-state index >= 15 is 0 Å². The van der Waals surface area contributed by atoms with Gasteiger partial charge in [-0.05, 0) is 68.3 Å². The van der Waals surface area contributed by atoms with Crippen molar-refractivity contribution in [3.63, 3.8) is 0 Å². The summed E-state index contributed by atoms with van der Waals surface area (Å²) in [6, 6.07) is 12.9. The van der Waals surface area contributed by atoms with Gasteiger partial charge in [-0.15, -0.1) is 0 Å². The number of carbonyl (C=O) groups excluding carboxylic acids is 3. The molecule has 3 saturated heterocycles. The van der Waals surface area contributed by atoms with Gasteiger partial charge in [0.2, 0.25) is 17.7 Å². The highest BCUT2D eigenvalue weighted by molar-refractivity contribution is 9.09. The Kier molecular flexibility index (Phi) is 7.84. The van der Waals surface area contributed by atoms with Gasteiger partial charge in [-0.25, -0.2) is 0 Å². The van der Waals surface area contributed by atoms with Crippen molar-refractivity contribution < 1.29 is 33.7 Å². The number of hydrogen-bond donors (Lipinski definition) is 3. The molecule has 3 N–H and O–H groups in total. The summed E-state index contributed by atoms with van der Waals surface area (Å²) in [4.78, 5) is 42.5. The minimum absolute atomic E-state index is 0.138. The predicted molar refractivity (Wildman–Crippen MR) is 147 cm³/mol. The monoisotopic (exact) mass is 601 g/mol. The number of fused-ring (bicyclic) bond motifs is 1. The first kappa shape index (κ1) is 27.4. The highest BCUT2D eigenvalue weighted by Crippen LogP contribution is 2.60. The summed E-state index contributed by atoms with van der Waals surface area (Å²) in [5.41, 5.74) is -0.0614. The van der Waals surface area contributed by atoms with Crippen molar-refractivity contribution in [1.29, 1.82) is 0 Å². The Bertz CT molecular complexity index is 1220. The fourth-order valence-corrected chi connectivity index (χ4v) is 7.07. The van der Waals surface area contributed by atoms with Crippen LogP contribution in [0.25, 0.3) is 0 Å². The molecule has 5 rings (SSSR count). The number of alkyl halides is 1. The van der Waals surface area contributed by atoms with Crippen molar-refractivity contribution >= 4 is 45.0 Å². The largest absolute Gasteiger partial charge is 0.497 e. The number of likely N-dealkylation sites (tertiary alicyclic amines) is 1. The van der Waals surface area contributed by atoms with Crippen molar-refractivity contribution in [2.45, 2.75) is 42.3 Å². The summed E-state index contributed by atoms with van der Waals surface area (Å²) in [5.74, 6) is -1.34. The first-order valence-corrected chi connectivity index (χ1v) is 14.0. The number of carbonyl (C=O) groups is 3. The SMILES string of the molecule is CCOc1ccc(NC(=O)[C@H]2[C@@H]3OC4(CC3Br)C(C(=O)Nc3ccc(OC)cc3)N(CCCO)C(=O)[C@H]24)cc1. The van der Waals surface area contributed by atoms with E-state index in [-0.39, 0.29) is 29.8 Å². The Balaban J connectivity index is 1.43. The number of halogens is 1. The number of hydrogen-bond acceptors (Lipinski definition) is 7. The summed E-state index contributed by atoms with van der Waals surface area (Å²) in [6.45, 7) is 2.46. The second-order valence-corrected chi connectivity index (χ2v) is 11.1. The van der Waals surface area contributed by atoms with Crippen molar-refractivity contribution in [3.8, 4) is 11.5 Å². The molecule has 6 atom stereocenters. The number of amides is 3. The number of aliphatic hydroxyl groups excluding tert-OH is 1. The van der Waals surface area contributed by atoms with E-state index in [9.17, 15) is 19.5 Å². The standard InChI is InChI=1S/C28H32BrN3O7/c1-3-38-19-11-7-16(8-12-19)30-25(34)21-22-27(36)32(13-4-14-33)24(28(22)15-20(29)23(21)39-28)26(35)31-17-5-9-18(37-2)10-6-17/h5-12,20-24,33H,3-4,13-15H2,1-2H3,(H,30,34)(H,31,35)/t20?,21-,22+,23-,24?,28?/m1/s1. The number of benzene rings is 2. The molecule has 39 heavy (non-hydrogen) atoms. The average molecular weight is 602 g/mol. The first-order chi connectivity index (χ1) is 18.8. The number of nitrogens with zero attached hydrogens (tertiary/aromatic N) is 1. The Morgan fingerprint density at radius 2 is 1.69 bits per heavy atom. The lowest BCUT2D eigenvalue weighted by atomic mass is 9.70. The molecule has 0 aliphatic carbocycles. The lowest BCUT2D eigenvalue weighted by Gasteiger charge is -2.34. The maximum Gasteiger partial charge on any atom is 0.250 e. The van der Waals surface area contributed by atoms with Crippen LogP contribution < -0.4 is 20.1 Å². The van der Waals surface area contributed by atoms with Crippen LogP contribution >= 0.6 is 15.9 Å². The smallest absolute Gasteiger partial charge is 0.250 e. The molecule has 208 valence electrons. The van der Waals surface area contributed by atoms with Gasteiger partial charge in [0.05, 0.1) is 31.7 Å². The maximum absolute atomic E-state index is 13.9. The third-order valence-corrected chi connectivity index (χ3v) is 8.53. The third-order valence-electron chi connectivity index (χ3n) is 7.69. The van der Waals surface area contributed by atoms with Gasteiger partial charge in [0, 0.05) is 29.4 Å². The highest BCUT2D eigenvalue weighted by Gasteiger charge is 2.76. The first-order valence-electron chi connectivity index (χ1n) is 13.0. The fraction of sp³-hybridized carbons (Fsp3) is 0.464. The summed E-state index contributed by atoms with van der Waals surface area (Å²) in [6.07, 6.45) is 0.125. The quantitative estimate of drug-likeness (QED) is 0.357. The van der Waals surface area contributed by atoms with Crippen LogP contribution in [0.2, 0.25) is 0 Å². The zero-order valence-electron chi connectivity index (χ0n) is 21.8. The molecule has 3 amide bonds. The predicted octanol–water partition coefficient (Wildman–Crippen LogP) is 2.80.